The molecule has 1 aromatic carbocycles. The van der Waals surface area contributed by atoms with Gasteiger partial charge in [-0.05, 0) is 87.5 Å². The number of esters is 1. The quantitative estimate of drug-likeness (QED) is 0.312. The first-order valence-corrected chi connectivity index (χ1v) is 12.2. The number of benzene rings is 1. The topological polar surface area (TPSA) is 55.8 Å². The number of rotatable bonds is 8. The Kier molecular flexibility index (Phi) is 8.77. The fourth-order valence-corrected chi connectivity index (χ4v) is 5.03. The van der Waals surface area contributed by atoms with Crippen molar-refractivity contribution in [3.63, 3.8) is 0 Å². The van der Waals surface area contributed by atoms with Crippen LogP contribution in [0.5, 0.6) is 5.75 Å². The van der Waals surface area contributed by atoms with Gasteiger partial charge in [0.1, 0.15) is 11.8 Å². The number of likely N-dealkylation sites (tertiary alicyclic amines) is 1. The van der Waals surface area contributed by atoms with Gasteiger partial charge in [-0.25, -0.2) is 4.79 Å². The lowest BCUT2D eigenvalue weighted by molar-refractivity contribution is -0.156. The third kappa shape index (κ3) is 5.93. The van der Waals surface area contributed by atoms with Crippen LogP contribution in [0.4, 0.5) is 0 Å². The van der Waals surface area contributed by atoms with Crippen molar-refractivity contribution in [2.24, 2.45) is 5.92 Å². The van der Waals surface area contributed by atoms with Crippen LogP contribution in [-0.4, -0.2) is 43.1 Å². The second-order valence-corrected chi connectivity index (χ2v) is 9.38. The molecule has 0 aromatic heterocycles. The van der Waals surface area contributed by atoms with Crippen molar-refractivity contribution in [2.45, 2.75) is 84.1 Å². The summed E-state index contributed by atoms with van der Waals surface area (Å²) in [6, 6.07) is 3.75. The standard InChI is InChI=1S/C27H39NO4/c1-19-17-22(18-25(31-4)20(19)2)11-10-16-32-27(30)24-14-8-9-15-28(24)26(29)21(3)23-12-6-5-7-13-23/h17-18,23-24H,3,5-16H2,1-2,4H3. The van der Waals surface area contributed by atoms with Gasteiger partial charge in [0.05, 0.1) is 13.7 Å². The van der Waals surface area contributed by atoms with Crippen LogP contribution in [-0.2, 0) is 20.7 Å². The highest BCUT2D eigenvalue weighted by molar-refractivity contribution is 5.96. The van der Waals surface area contributed by atoms with E-state index in [4.69, 9.17) is 9.47 Å². The van der Waals surface area contributed by atoms with E-state index in [9.17, 15) is 9.59 Å². The summed E-state index contributed by atoms with van der Waals surface area (Å²) in [7, 11) is 1.69. The number of carbonyl (C=O) groups is 2. The summed E-state index contributed by atoms with van der Waals surface area (Å²) in [5.74, 6) is 0.851. The van der Waals surface area contributed by atoms with Gasteiger partial charge in [0.15, 0.2) is 0 Å². The maximum absolute atomic E-state index is 13.2. The van der Waals surface area contributed by atoms with E-state index in [0.717, 1.165) is 62.7 Å². The first-order valence-electron chi connectivity index (χ1n) is 12.2. The van der Waals surface area contributed by atoms with Gasteiger partial charge < -0.3 is 14.4 Å². The number of carbonyl (C=O) groups excluding carboxylic acids is 2. The Hall–Kier alpha value is -2.30. The highest BCUT2D eigenvalue weighted by atomic mass is 16.5. The van der Waals surface area contributed by atoms with Crippen molar-refractivity contribution in [1.29, 1.82) is 0 Å². The number of nitrogens with zero attached hydrogens (tertiary/aromatic N) is 1. The van der Waals surface area contributed by atoms with E-state index >= 15 is 0 Å². The van der Waals surface area contributed by atoms with Crippen LogP contribution < -0.4 is 4.74 Å². The monoisotopic (exact) mass is 441 g/mol. The van der Waals surface area contributed by atoms with E-state index in [-0.39, 0.29) is 17.8 Å². The zero-order chi connectivity index (χ0) is 23.1. The van der Waals surface area contributed by atoms with Crippen molar-refractivity contribution in [2.75, 3.05) is 20.3 Å². The largest absolute Gasteiger partial charge is 0.496 e. The predicted molar refractivity (Wildman–Crippen MR) is 127 cm³/mol. The third-order valence-corrected chi connectivity index (χ3v) is 7.16. The molecule has 5 heteroatoms. The number of hydrogen-bond acceptors (Lipinski definition) is 4. The molecular formula is C27H39NO4. The molecule has 32 heavy (non-hydrogen) atoms. The third-order valence-electron chi connectivity index (χ3n) is 7.16. The molecule has 2 aliphatic rings. The van der Waals surface area contributed by atoms with Crippen LogP contribution in [0.1, 0.15) is 74.5 Å². The normalized spacial score (nSPS) is 19.5. The lowest BCUT2D eigenvalue weighted by Gasteiger charge is -2.36. The Morgan fingerprint density at radius 3 is 2.50 bits per heavy atom. The molecular weight excluding hydrogens is 402 g/mol. The molecule has 1 saturated carbocycles. The fraction of sp³-hybridized carbons (Fsp3) is 0.630. The predicted octanol–water partition coefficient (Wildman–Crippen LogP) is 5.31. The first-order chi connectivity index (χ1) is 15.4. The van der Waals surface area contributed by atoms with E-state index in [1.807, 2.05) is 0 Å². The van der Waals surface area contributed by atoms with Gasteiger partial charge in [-0.3, -0.25) is 4.79 Å². The van der Waals surface area contributed by atoms with Gasteiger partial charge in [0.2, 0.25) is 5.91 Å². The van der Waals surface area contributed by atoms with E-state index in [1.165, 1.54) is 17.5 Å². The molecule has 176 valence electrons. The van der Waals surface area contributed by atoms with Crippen molar-refractivity contribution in [1.82, 2.24) is 4.90 Å². The number of hydrogen-bond donors (Lipinski definition) is 0. The molecule has 5 nitrogen and oxygen atoms in total. The molecule has 1 unspecified atom stereocenters. The number of aryl methyl sites for hydroxylation is 2. The van der Waals surface area contributed by atoms with Crippen molar-refractivity contribution >= 4 is 11.9 Å². The summed E-state index contributed by atoms with van der Waals surface area (Å²) in [6.45, 7) is 9.24. The summed E-state index contributed by atoms with van der Waals surface area (Å²) in [4.78, 5) is 27.7. The number of piperidine rings is 1. The van der Waals surface area contributed by atoms with Gasteiger partial charge in [-0.2, -0.15) is 0 Å². The van der Waals surface area contributed by atoms with Crippen molar-refractivity contribution in [3.8, 4) is 5.75 Å². The van der Waals surface area contributed by atoms with E-state index < -0.39 is 6.04 Å². The highest BCUT2D eigenvalue weighted by Crippen LogP contribution is 2.31. The Balaban J connectivity index is 1.52. The number of amides is 1. The van der Waals surface area contributed by atoms with E-state index in [0.29, 0.717) is 25.1 Å². The zero-order valence-corrected chi connectivity index (χ0v) is 20.1. The molecule has 1 aliphatic carbocycles. The number of ether oxygens (including phenoxy) is 2. The molecule has 1 heterocycles. The fourth-order valence-electron chi connectivity index (χ4n) is 5.03. The Morgan fingerprint density at radius 2 is 1.78 bits per heavy atom. The van der Waals surface area contributed by atoms with Crippen LogP contribution >= 0.6 is 0 Å². The molecule has 1 aromatic rings. The van der Waals surface area contributed by atoms with Gasteiger partial charge >= 0.3 is 5.97 Å². The van der Waals surface area contributed by atoms with Crippen LogP contribution in [0.15, 0.2) is 24.3 Å². The molecule has 3 rings (SSSR count). The van der Waals surface area contributed by atoms with Gasteiger partial charge in [-0.15, -0.1) is 0 Å². The summed E-state index contributed by atoms with van der Waals surface area (Å²) >= 11 is 0. The maximum atomic E-state index is 13.2. The Morgan fingerprint density at radius 1 is 1.06 bits per heavy atom. The minimum absolute atomic E-state index is 0.0409. The zero-order valence-electron chi connectivity index (χ0n) is 20.1. The first kappa shape index (κ1) is 24.3. The second kappa shape index (κ2) is 11.5. The lowest BCUT2D eigenvalue weighted by atomic mass is 9.83. The summed E-state index contributed by atoms with van der Waals surface area (Å²) < 4.78 is 11.1. The second-order valence-electron chi connectivity index (χ2n) is 9.38. The molecule has 0 N–H and O–H groups in total. The van der Waals surface area contributed by atoms with E-state index in [2.05, 4.69) is 32.6 Å². The molecule has 0 spiro atoms. The molecule has 1 atom stereocenters. The molecule has 1 saturated heterocycles. The Labute approximate surface area is 193 Å². The van der Waals surface area contributed by atoms with Crippen LogP contribution in [0, 0.1) is 19.8 Å². The van der Waals surface area contributed by atoms with Gasteiger partial charge in [-0.1, -0.05) is 31.9 Å². The lowest BCUT2D eigenvalue weighted by Crippen LogP contribution is -2.49. The maximum Gasteiger partial charge on any atom is 0.328 e. The summed E-state index contributed by atoms with van der Waals surface area (Å²) in [6.07, 6.45) is 9.76. The summed E-state index contributed by atoms with van der Waals surface area (Å²) in [5.41, 5.74) is 4.22. The average Bonchev–Trinajstić information content (AvgIpc) is 2.83. The highest BCUT2D eigenvalue weighted by Gasteiger charge is 2.35. The minimum atomic E-state index is -0.474. The van der Waals surface area contributed by atoms with E-state index in [1.54, 1.807) is 12.0 Å². The van der Waals surface area contributed by atoms with Crippen molar-refractivity contribution in [3.05, 3.63) is 41.0 Å². The van der Waals surface area contributed by atoms with Gasteiger partial charge in [0.25, 0.3) is 0 Å². The van der Waals surface area contributed by atoms with Crippen molar-refractivity contribution < 1.29 is 19.1 Å². The van der Waals surface area contributed by atoms with Crippen LogP contribution in [0.2, 0.25) is 0 Å². The SMILES string of the molecule is C=C(C(=O)N1CCCCC1C(=O)OCCCc1cc(C)c(C)c(OC)c1)C1CCCCC1. The van der Waals surface area contributed by atoms with Crippen LogP contribution in [0.3, 0.4) is 0 Å². The molecule has 0 radical (unpaired) electrons. The number of methoxy groups -OCH3 is 1. The summed E-state index contributed by atoms with van der Waals surface area (Å²) in [5, 5.41) is 0. The molecule has 1 amide bonds. The smallest absolute Gasteiger partial charge is 0.328 e. The molecule has 1 aliphatic heterocycles. The minimum Gasteiger partial charge on any atom is -0.496 e. The molecule has 0 bridgehead atoms. The Bertz CT molecular complexity index is 825. The van der Waals surface area contributed by atoms with Gasteiger partial charge in [0, 0.05) is 12.1 Å². The average molecular weight is 442 g/mol. The van der Waals surface area contributed by atoms with Crippen LogP contribution in [0.25, 0.3) is 0 Å². The molecule has 2 fully saturated rings.